The first-order valence-corrected chi connectivity index (χ1v) is 9.53. The highest BCUT2D eigenvalue weighted by atomic mass is 16.6. The Morgan fingerprint density at radius 2 is 1.97 bits per heavy atom. The minimum absolute atomic E-state index is 0.0882. The molecule has 0 saturated heterocycles. The van der Waals surface area contributed by atoms with E-state index >= 15 is 0 Å². The van der Waals surface area contributed by atoms with E-state index in [1.54, 1.807) is 6.92 Å². The smallest absolute Gasteiger partial charge is 0.311 e. The number of nitro benzene ring substituents is 1. The molecule has 162 valence electrons. The summed E-state index contributed by atoms with van der Waals surface area (Å²) >= 11 is 0. The molecule has 0 spiro atoms. The van der Waals surface area contributed by atoms with Crippen molar-refractivity contribution in [2.45, 2.75) is 39.7 Å². The van der Waals surface area contributed by atoms with Crippen LogP contribution in [0.1, 0.15) is 38.4 Å². The molecule has 10 nitrogen and oxygen atoms in total. The first kappa shape index (κ1) is 23.0. The molecule has 0 unspecified atom stereocenters. The SMILES string of the molecule is COC(=O)Cc1[nH]n(-c2ccc([N+](=O)[O-])cc2)c(=O)c1C(C)=NCCCOC(C)C. The molecule has 1 aromatic carbocycles. The summed E-state index contributed by atoms with van der Waals surface area (Å²) in [7, 11) is 1.27. The largest absolute Gasteiger partial charge is 0.469 e. The van der Waals surface area contributed by atoms with Crippen molar-refractivity contribution in [3.8, 4) is 5.69 Å². The average Bonchev–Trinajstić information content (AvgIpc) is 3.03. The highest BCUT2D eigenvalue weighted by Crippen LogP contribution is 2.15. The number of esters is 1. The Hall–Kier alpha value is -3.27. The number of benzene rings is 1. The molecule has 2 aromatic rings. The number of aliphatic imine (C=N–C) groups is 1. The van der Waals surface area contributed by atoms with Crippen LogP contribution in [0, 0.1) is 10.1 Å². The summed E-state index contributed by atoms with van der Waals surface area (Å²) in [4.78, 5) is 39.6. The lowest BCUT2D eigenvalue weighted by Gasteiger charge is -2.06. The van der Waals surface area contributed by atoms with E-state index in [0.717, 1.165) is 0 Å². The van der Waals surface area contributed by atoms with E-state index in [9.17, 15) is 19.7 Å². The molecule has 0 aliphatic carbocycles. The molecule has 0 saturated carbocycles. The monoisotopic (exact) mass is 418 g/mol. The topological polar surface area (TPSA) is 129 Å². The molecule has 1 N–H and O–H groups in total. The Balaban J connectivity index is 2.36. The first-order valence-electron chi connectivity index (χ1n) is 9.53. The quantitative estimate of drug-likeness (QED) is 0.207. The molecule has 0 fully saturated rings. The van der Waals surface area contributed by atoms with Gasteiger partial charge in [0.15, 0.2) is 0 Å². The number of aromatic nitrogens is 2. The van der Waals surface area contributed by atoms with Crippen molar-refractivity contribution in [3.05, 3.63) is 56.0 Å². The van der Waals surface area contributed by atoms with Crippen molar-refractivity contribution < 1.29 is 19.2 Å². The number of nitrogens with zero attached hydrogens (tertiary/aromatic N) is 3. The van der Waals surface area contributed by atoms with Gasteiger partial charge in [0.25, 0.3) is 11.2 Å². The Morgan fingerprint density at radius 3 is 2.53 bits per heavy atom. The zero-order chi connectivity index (χ0) is 22.3. The Morgan fingerprint density at radius 1 is 1.30 bits per heavy atom. The van der Waals surface area contributed by atoms with E-state index in [2.05, 4.69) is 10.1 Å². The van der Waals surface area contributed by atoms with Crippen molar-refractivity contribution in [1.82, 2.24) is 9.78 Å². The van der Waals surface area contributed by atoms with Crippen LogP contribution in [0.5, 0.6) is 0 Å². The summed E-state index contributed by atoms with van der Waals surface area (Å²) in [6, 6.07) is 5.52. The zero-order valence-corrected chi connectivity index (χ0v) is 17.5. The molecular formula is C20H26N4O6. The predicted molar refractivity (Wildman–Crippen MR) is 112 cm³/mol. The minimum Gasteiger partial charge on any atom is -0.469 e. The second kappa shape index (κ2) is 10.5. The van der Waals surface area contributed by atoms with E-state index < -0.39 is 16.5 Å². The van der Waals surface area contributed by atoms with Gasteiger partial charge in [0.2, 0.25) is 0 Å². The normalized spacial score (nSPS) is 11.7. The van der Waals surface area contributed by atoms with E-state index in [1.165, 1.54) is 36.1 Å². The van der Waals surface area contributed by atoms with E-state index in [0.29, 0.717) is 36.7 Å². The van der Waals surface area contributed by atoms with Gasteiger partial charge in [0.1, 0.15) is 0 Å². The number of methoxy groups -OCH3 is 1. The Kier molecular flexibility index (Phi) is 8.05. The standard InChI is InChI=1S/C20H26N4O6/c1-13(2)30-11-5-10-21-14(3)19-17(12-18(25)29-4)22-23(20(19)26)15-6-8-16(9-7-15)24(27)28/h6-9,13,22H,5,10-12H2,1-4H3. The van der Waals surface area contributed by atoms with Crippen molar-refractivity contribution in [1.29, 1.82) is 0 Å². The van der Waals surface area contributed by atoms with Gasteiger partial charge in [-0.15, -0.1) is 0 Å². The zero-order valence-electron chi connectivity index (χ0n) is 17.5. The number of nitrogens with one attached hydrogen (secondary N) is 1. The molecule has 0 aliphatic heterocycles. The highest BCUT2D eigenvalue weighted by Gasteiger charge is 2.20. The number of nitro groups is 1. The number of aromatic amines is 1. The lowest BCUT2D eigenvalue weighted by molar-refractivity contribution is -0.384. The van der Waals surface area contributed by atoms with Gasteiger partial charge in [-0.1, -0.05) is 0 Å². The van der Waals surface area contributed by atoms with Gasteiger partial charge in [0.05, 0.1) is 41.5 Å². The summed E-state index contributed by atoms with van der Waals surface area (Å²) in [5, 5.41) is 13.8. The van der Waals surface area contributed by atoms with Crippen molar-refractivity contribution in [2.24, 2.45) is 4.99 Å². The first-order chi connectivity index (χ1) is 14.2. The maximum absolute atomic E-state index is 13.0. The van der Waals surface area contributed by atoms with Crippen molar-refractivity contribution in [3.63, 3.8) is 0 Å². The Bertz CT molecular complexity index is 972. The number of H-pyrrole nitrogens is 1. The molecule has 2 rings (SSSR count). The van der Waals surface area contributed by atoms with Crippen molar-refractivity contribution in [2.75, 3.05) is 20.3 Å². The van der Waals surface area contributed by atoms with E-state index in [1.807, 2.05) is 13.8 Å². The van der Waals surface area contributed by atoms with Crippen molar-refractivity contribution >= 4 is 17.4 Å². The fourth-order valence-corrected chi connectivity index (χ4v) is 2.81. The van der Waals surface area contributed by atoms with Crippen LogP contribution in [0.2, 0.25) is 0 Å². The van der Waals surface area contributed by atoms with E-state index in [4.69, 9.17) is 9.47 Å². The fourth-order valence-electron chi connectivity index (χ4n) is 2.81. The highest BCUT2D eigenvalue weighted by molar-refractivity contribution is 6.00. The Labute approximate surface area is 173 Å². The van der Waals surface area contributed by atoms with Gasteiger partial charge in [-0.25, -0.2) is 4.68 Å². The van der Waals surface area contributed by atoms with Crippen LogP contribution in [-0.4, -0.2) is 52.8 Å². The van der Waals surface area contributed by atoms with Gasteiger partial charge >= 0.3 is 5.97 Å². The molecule has 10 heteroatoms. The van der Waals surface area contributed by atoms with Gasteiger partial charge < -0.3 is 9.47 Å². The molecule has 1 aromatic heterocycles. The predicted octanol–water partition coefficient (Wildman–Crippen LogP) is 2.41. The van der Waals surface area contributed by atoms with Crippen LogP contribution in [0.3, 0.4) is 0 Å². The van der Waals surface area contributed by atoms with E-state index in [-0.39, 0.29) is 23.8 Å². The summed E-state index contributed by atoms with van der Waals surface area (Å²) < 4.78 is 11.4. The maximum Gasteiger partial charge on any atom is 0.311 e. The third-order valence-electron chi connectivity index (χ3n) is 4.30. The van der Waals surface area contributed by atoms with Gasteiger partial charge in [0, 0.05) is 31.0 Å². The van der Waals surface area contributed by atoms with Crippen LogP contribution < -0.4 is 5.56 Å². The number of non-ortho nitro benzene ring substituents is 1. The molecule has 1 heterocycles. The molecule has 0 atom stereocenters. The molecular weight excluding hydrogens is 392 g/mol. The van der Waals surface area contributed by atoms with Gasteiger partial charge in [-0.2, -0.15) is 0 Å². The number of hydrogen-bond donors (Lipinski definition) is 1. The maximum atomic E-state index is 13.0. The third-order valence-corrected chi connectivity index (χ3v) is 4.30. The molecule has 0 radical (unpaired) electrons. The molecule has 0 bridgehead atoms. The van der Waals surface area contributed by atoms with Crippen LogP contribution >= 0.6 is 0 Å². The summed E-state index contributed by atoms with van der Waals surface area (Å²) in [6.07, 6.45) is 0.702. The number of ether oxygens (including phenoxy) is 2. The summed E-state index contributed by atoms with van der Waals surface area (Å²) in [6.45, 7) is 6.64. The van der Waals surface area contributed by atoms with Crippen LogP contribution in [0.4, 0.5) is 5.69 Å². The minimum atomic E-state index is -0.519. The average molecular weight is 418 g/mol. The number of carbonyl (C=O) groups is 1. The number of rotatable bonds is 10. The van der Waals surface area contributed by atoms with Crippen LogP contribution in [0.15, 0.2) is 34.1 Å². The summed E-state index contributed by atoms with van der Waals surface area (Å²) in [5.41, 5.74) is 1.05. The third kappa shape index (κ3) is 5.86. The van der Waals surface area contributed by atoms with Crippen LogP contribution in [0.25, 0.3) is 5.69 Å². The van der Waals surface area contributed by atoms with Gasteiger partial charge in [-0.3, -0.25) is 29.8 Å². The number of carbonyl (C=O) groups excluding carboxylic acids is 1. The molecule has 0 aliphatic rings. The second-order valence-corrected chi connectivity index (χ2v) is 6.87. The molecule has 0 amide bonds. The second-order valence-electron chi connectivity index (χ2n) is 6.87. The lowest BCUT2D eigenvalue weighted by Crippen LogP contribution is -2.20. The molecule has 30 heavy (non-hydrogen) atoms. The van der Waals surface area contributed by atoms with Crippen LogP contribution in [-0.2, 0) is 20.7 Å². The fraction of sp³-hybridized carbons (Fsp3) is 0.450. The summed E-state index contributed by atoms with van der Waals surface area (Å²) in [5.74, 6) is -0.508. The van der Waals surface area contributed by atoms with Gasteiger partial charge in [-0.05, 0) is 39.3 Å². The lowest BCUT2D eigenvalue weighted by atomic mass is 10.1. The number of hydrogen-bond acceptors (Lipinski definition) is 7.